The highest BCUT2D eigenvalue weighted by Gasteiger charge is 2.26. The molecule has 27 heavy (non-hydrogen) atoms. The first-order valence-electron chi connectivity index (χ1n) is 7.90. The lowest BCUT2D eigenvalue weighted by atomic mass is 10.1. The summed E-state index contributed by atoms with van der Waals surface area (Å²) in [5.74, 6) is -1.06. The van der Waals surface area contributed by atoms with E-state index in [-0.39, 0.29) is 5.56 Å². The molecular weight excluding hydrogens is 456 g/mol. The second-order valence-electron chi connectivity index (χ2n) is 5.40. The summed E-state index contributed by atoms with van der Waals surface area (Å²) in [6.07, 6.45) is 4.42. The van der Waals surface area contributed by atoms with E-state index < -0.39 is 11.9 Å². The van der Waals surface area contributed by atoms with Crippen LogP contribution >= 0.6 is 39.5 Å². The molecule has 2 heterocycles. The van der Waals surface area contributed by atoms with Crippen molar-refractivity contribution in [2.24, 2.45) is 0 Å². The molecule has 0 radical (unpaired) electrons. The van der Waals surface area contributed by atoms with Gasteiger partial charge in [0.05, 0.1) is 30.5 Å². The number of aromatic nitrogens is 2. The molecule has 0 spiro atoms. The maximum atomic E-state index is 12.1. The molecule has 0 saturated carbocycles. The first-order valence-corrected chi connectivity index (χ1v) is 9.92. The van der Waals surface area contributed by atoms with Crippen molar-refractivity contribution in [1.82, 2.24) is 15.1 Å². The zero-order valence-electron chi connectivity index (χ0n) is 15.0. The summed E-state index contributed by atoms with van der Waals surface area (Å²) in [5, 5.41) is 11.0. The molecule has 0 aliphatic rings. The second kappa shape index (κ2) is 9.81. The smallest absolute Gasteiger partial charge is 0.348 e. The van der Waals surface area contributed by atoms with Gasteiger partial charge in [0.15, 0.2) is 5.11 Å². The molecule has 0 amide bonds. The van der Waals surface area contributed by atoms with E-state index in [0.29, 0.717) is 27.1 Å². The highest BCUT2D eigenvalue weighted by Crippen LogP contribution is 2.34. The number of esters is 2. The van der Waals surface area contributed by atoms with Crippen LogP contribution in [-0.2, 0) is 16.0 Å². The third kappa shape index (κ3) is 5.50. The van der Waals surface area contributed by atoms with Gasteiger partial charge in [-0.3, -0.25) is 4.68 Å². The molecule has 2 N–H and O–H groups in total. The summed E-state index contributed by atoms with van der Waals surface area (Å²) in [4.78, 5) is 24.3. The molecule has 0 atom stereocenters. The number of hydrogen-bond acceptors (Lipinski definition) is 7. The van der Waals surface area contributed by atoms with E-state index in [9.17, 15) is 9.59 Å². The third-order valence-electron chi connectivity index (χ3n) is 3.59. The van der Waals surface area contributed by atoms with Gasteiger partial charge < -0.3 is 20.1 Å². The van der Waals surface area contributed by atoms with Crippen LogP contribution in [0.25, 0.3) is 0 Å². The van der Waals surface area contributed by atoms with E-state index in [0.717, 1.165) is 28.8 Å². The van der Waals surface area contributed by atoms with Crippen LogP contribution in [0.15, 0.2) is 16.9 Å². The van der Waals surface area contributed by atoms with Gasteiger partial charge in [-0.1, -0.05) is 0 Å². The van der Waals surface area contributed by atoms with Crippen LogP contribution in [0.3, 0.4) is 0 Å². The van der Waals surface area contributed by atoms with Crippen molar-refractivity contribution in [3.63, 3.8) is 0 Å². The van der Waals surface area contributed by atoms with Crippen LogP contribution < -0.4 is 10.6 Å². The van der Waals surface area contributed by atoms with Crippen LogP contribution in [0, 0.1) is 6.92 Å². The highest BCUT2D eigenvalue weighted by atomic mass is 79.9. The minimum absolute atomic E-state index is 0.272. The average molecular weight is 475 g/mol. The monoisotopic (exact) mass is 474 g/mol. The van der Waals surface area contributed by atoms with E-state index in [1.54, 1.807) is 13.1 Å². The fourth-order valence-corrected chi connectivity index (χ4v) is 4.00. The molecule has 0 unspecified atom stereocenters. The predicted molar refractivity (Wildman–Crippen MR) is 111 cm³/mol. The quantitative estimate of drug-likeness (QED) is 0.359. The number of nitrogens with one attached hydrogen (secondary N) is 2. The molecule has 0 aliphatic heterocycles. The number of methoxy groups -OCH3 is 2. The Morgan fingerprint density at radius 3 is 2.63 bits per heavy atom. The summed E-state index contributed by atoms with van der Waals surface area (Å²) in [6.45, 7) is 3.02. The van der Waals surface area contributed by atoms with Gasteiger partial charge in [-0.25, -0.2) is 9.59 Å². The van der Waals surface area contributed by atoms with Crippen LogP contribution in [-0.4, -0.2) is 47.6 Å². The Morgan fingerprint density at radius 1 is 1.33 bits per heavy atom. The number of rotatable bonds is 7. The van der Waals surface area contributed by atoms with Crippen molar-refractivity contribution in [2.45, 2.75) is 19.9 Å². The van der Waals surface area contributed by atoms with Gasteiger partial charge in [0.25, 0.3) is 0 Å². The molecular formula is C16H19BrN4O4S2. The first-order chi connectivity index (χ1) is 12.9. The number of nitrogens with zero attached hydrogens (tertiary/aromatic N) is 2. The molecule has 0 aromatic carbocycles. The van der Waals surface area contributed by atoms with Crippen LogP contribution in [0.1, 0.15) is 32.0 Å². The number of halogens is 1. The minimum Gasteiger partial charge on any atom is -0.465 e. The summed E-state index contributed by atoms with van der Waals surface area (Å²) in [6, 6.07) is 0. The molecule has 2 aromatic rings. The van der Waals surface area contributed by atoms with Crippen molar-refractivity contribution >= 4 is 61.5 Å². The van der Waals surface area contributed by atoms with E-state index in [2.05, 4.69) is 31.7 Å². The maximum absolute atomic E-state index is 12.1. The number of anilines is 1. The van der Waals surface area contributed by atoms with Gasteiger partial charge in [0, 0.05) is 19.3 Å². The zero-order valence-corrected chi connectivity index (χ0v) is 18.2. The summed E-state index contributed by atoms with van der Waals surface area (Å²) in [5.41, 5.74) is 0.765. The Kier molecular flexibility index (Phi) is 7.75. The van der Waals surface area contributed by atoms with E-state index >= 15 is 0 Å². The minimum atomic E-state index is -0.548. The Bertz CT molecular complexity index is 850. The van der Waals surface area contributed by atoms with Crippen molar-refractivity contribution in [2.75, 3.05) is 26.1 Å². The Labute approximate surface area is 174 Å². The van der Waals surface area contributed by atoms with E-state index in [4.69, 9.17) is 21.7 Å². The van der Waals surface area contributed by atoms with Crippen LogP contribution in [0.5, 0.6) is 0 Å². The molecule has 2 rings (SSSR count). The van der Waals surface area contributed by atoms with Gasteiger partial charge >= 0.3 is 11.9 Å². The lowest BCUT2D eigenvalue weighted by Crippen LogP contribution is -2.30. The molecule has 8 nitrogen and oxygen atoms in total. The normalized spacial score (nSPS) is 10.4. The van der Waals surface area contributed by atoms with E-state index in [1.807, 2.05) is 10.9 Å². The van der Waals surface area contributed by atoms with Gasteiger partial charge in [0.1, 0.15) is 9.88 Å². The fourth-order valence-electron chi connectivity index (χ4n) is 2.29. The molecule has 0 saturated heterocycles. The lowest BCUT2D eigenvalue weighted by molar-refractivity contribution is 0.0601. The zero-order chi connectivity index (χ0) is 20.0. The summed E-state index contributed by atoms with van der Waals surface area (Å²) >= 11 is 9.73. The number of aryl methyl sites for hydroxylation is 1. The van der Waals surface area contributed by atoms with Crippen molar-refractivity contribution in [1.29, 1.82) is 0 Å². The molecule has 2 aromatic heterocycles. The number of ether oxygens (including phenoxy) is 2. The summed E-state index contributed by atoms with van der Waals surface area (Å²) in [7, 11) is 2.57. The largest absolute Gasteiger partial charge is 0.465 e. The summed E-state index contributed by atoms with van der Waals surface area (Å²) < 4.78 is 12.3. The molecule has 0 fully saturated rings. The fraction of sp³-hybridized carbons (Fsp3) is 0.375. The van der Waals surface area contributed by atoms with E-state index in [1.165, 1.54) is 14.2 Å². The Balaban J connectivity index is 1.99. The number of carbonyl (C=O) groups is 2. The molecule has 11 heteroatoms. The number of carbonyl (C=O) groups excluding carboxylic acids is 2. The van der Waals surface area contributed by atoms with Crippen LogP contribution in [0.4, 0.5) is 5.00 Å². The average Bonchev–Trinajstić information content (AvgIpc) is 3.20. The first kappa shape index (κ1) is 21.3. The highest BCUT2D eigenvalue weighted by molar-refractivity contribution is 9.10. The van der Waals surface area contributed by atoms with Crippen molar-refractivity contribution in [3.8, 4) is 0 Å². The van der Waals surface area contributed by atoms with Crippen LogP contribution in [0.2, 0.25) is 0 Å². The number of thiocarbonyl (C=S) groups is 1. The molecule has 146 valence electrons. The standard InChI is InChI=1S/C16H19BrN4O4S2/c1-9-11(14(22)24-2)13(27-12(9)15(23)25-3)20-16(26)18-5-4-6-21-8-10(17)7-19-21/h7-8H,4-6H2,1-3H3,(H2,18,20,26). The van der Waals surface area contributed by atoms with Crippen molar-refractivity contribution in [3.05, 3.63) is 32.9 Å². The van der Waals surface area contributed by atoms with Gasteiger partial charge in [-0.2, -0.15) is 5.10 Å². The third-order valence-corrected chi connectivity index (χ3v) is 5.43. The topological polar surface area (TPSA) is 94.5 Å². The Hall–Kier alpha value is -1.98. The molecule has 0 bridgehead atoms. The number of hydrogen-bond donors (Lipinski definition) is 2. The molecule has 0 aliphatic carbocycles. The lowest BCUT2D eigenvalue weighted by Gasteiger charge is -2.10. The van der Waals surface area contributed by atoms with Gasteiger partial charge in [-0.05, 0) is 47.1 Å². The predicted octanol–water partition coefficient (Wildman–Crippen LogP) is 2.97. The van der Waals surface area contributed by atoms with Crippen molar-refractivity contribution < 1.29 is 19.1 Å². The Morgan fingerprint density at radius 2 is 2.04 bits per heavy atom. The number of thiophene rings is 1. The maximum Gasteiger partial charge on any atom is 0.348 e. The van der Waals surface area contributed by atoms with Gasteiger partial charge in [0.2, 0.25) is 0 Å². The second-order valence-corrected chi connectivity index (χ2v) is 7.74. The van der Waals surface area contributed by atoms with Gasteiger partial charge in [-0.15, -0.1) is 11.3 Å². The SMILES string of the molecule is COC(=O)c1sc(NC(=S)NCCCn2cc(Br)cn2)c(C(=O)OC)c1C.